The van der Waals surface area contributed by atoms with Gasteiger partial charge in [-0.15, -0.1) is 0 Å². The lowest BCUT2D eigenvalue weighted by molar-refractivity contribution is 0.0600. The normalized spacial score (nSPS) is 10.8. The van der Waals surface area contributed by atoms with Gasteiger partial charge in [0.05, 0.1) is 18.2 Å². The maximum atomic E-state index is 13.1. The van der Waals surface area contributed by atoms with E-state index in [4.69, 9.17) is 4.74 Å². The molecular formula is C16H13FN2O2. The van der Waals surface area contributed by atoms with Gasteiger partial charge in [-0.1, -0.05) is 0 Å². The molecule has 0 fully saturated rings. The van der Waals surface area contributed by atoms with E-state index in [1.165, 1.54) is 19.2 Å². The molecule has 5 heteroatoms. The highest BCUT2D eigenvalue weighted by Gasteiger charge is 2.20. The van der Waals surface area contributed by atoms with Crippen LogP contribution in [0.2, 0.25) is 0 Å². The van der Waals surface area contributed by atoms with E-state index < -0.39 is 5.97 Å². The van der Waals surface area contributed by atoms with E-state index >= 15 is 0 Å². The van der Waals surface area contributed by atoms with Gasteiger partial charge < -0.3 is 4.74 Å². The van der Waals surface area contributed by atoms with Crippen molar-refractivity contribution in [3.63, 3.8) is 0 Å². The van der Waals surface area contributed by atoms with Gasteiger partial charge in [0.25, 0.3) is 0 Å². The Morgan fingerprint density at radius 2 is 1.95 bits per heavy atom. The number of methoxy groups -OCH3 is 1. The molecule has 0 bridgehead atoms. The van der Waals surface area contributed by atoms with Gasteiger partial charge in [-0.3, -0.25) is 0 Å². The highest BCUT2D eigenvalue weighted by molar-refractivity contribution is 5.99. The lowest BCUT2D eigenvalue weighted by atomic mass is 10.0. The fourth-order valence-electron chi connectivity index (χ4n) is 2.38. The van der Waals surface area contributed by atoms with Gasteiger partial charge >= 0.3 is 5.97 Å². The molecule has 3 aromatic rings. The van der Waals surface area contributed by atoms with Crippen LogP contribution in [0.3, 0.4) is 0 Å². The summed E-state index contributed by atoms with van der Waals surface area (Å²) in [5, 5.41) is 4.46. The number of benzene rings is 1. The molecule has 0 radical (unpaired) electrons. The average Bonchev–Trinajstić information content (AvgIpc) is 2.96. The van der Waals surface area contributed by atoms with Crippen LogP contribution in [0.1, 0.15) is 15.9 Å². The van der Waals surface area contributed by atoms with E-state index in [0.29, 0.717) is 16.8 Å². The molecule has 0 saturated carbocycles. The largest absolute Gasteiger partial charge is 0.465 e. The van der Waals surface area contributed by atoms with Crippen LogP contribution >= 0.6 is 0 Å². The lowest BCUT2D eigenvalue weighted by Crippen LogP contribution is -2.10. The molecule has 0 aliphatic heterocycles. The SMILES string of the molecule is COC(=O)c1c(-c2ccc(F)cc2)nn2cccc2c1C. The summed E-state index contributed by atoms with van der Waals surface area (Å²) in [5.41, 5.74) is 3.15. The van der Waals surface area contributed by atoms with E-state index in [-0.39, 0.29) is 5.82 Å². The molecule has 1 aromatic carbocycles. The Bertz CT molecular complexity index is 822. The summed E-state index contributed by atoms with van der Waals surface area (Å²) in [7, 11) is 1.33. The Hall–Kier alpha value is -2.69. The number of nitrogens with zero attached hydrogens (tertiary/aromatic N) is 2. The van der Waals surface area contributed by atoms with E-state index in [9.17, 15) is 9.18 Å². The quantitative estimate of drug-likeness (QED) is 0.679. The Balaban J connectivity index is 2.33. The first-order valence-electron chi connectivity index (χ1n) is 6.44. The third-order valence-electron chi connectivity index (χ3n) is 3.44. The van der Waals surface area contributed by atoms with Crippen molar-refractivity contribution in [2.75, 3.05) is 7.11 Å². The summed E-state index contributed by atoms with van der Waals surface area (Å²) in [6.07, 6.45) is 1.80. The zero-order chi connectivity index (χ0) is 15.0. The predicted molar refractivity (Wildman–Crippen MR) is 76.7 cm³/mol. The Morgan fingerprint density at radius 1 is 1.24 bits per heavy atom. The Morgan fingerprint density at radius 3 is 2.62 bits per heavy atom. The minimum Gasteiger partial charge on any atom is -0.465 e. The van der Waals surface area contributed by atoms with Crippen LogP contribution in [-0.4, -0.2) is 22.7 Å². The first-order valence-corrected chi connectivity index (χ1v) is 6.44. The van der Waals surface area contributed by atoms with Crippen molar-refractivity contribution in [3.8, 4) is 11.3 Å². The molecule has 0 atom stereocenters. The third kappa shape index (κ3) is 2.16. The molecule has 4 nitrogen and oxygen atoms in total. The van der Waals surface area contributed by atoms with Crippen molar-refractivity contribution in [2.24, 2.45) is 0 Å². The number of carbonyl (C=O) groups excluding carboxylic acids is 1. The smallest absolute Gasteiger partial charge is 0.340 e. The fraction of sp³-hybridized carbons (Fsp3) is 0.125. The summed E-state index contributed by atoms with van der Waals surface area (Å²) < 4.78 is 19.7. The summed E-state index contributed by atoms with van der Waals surface area (Å²) in [6, 6.07) is 9.60. The van der Waals surface area contributed by atoms with Crippen LogP contribution < -0.4 is 0 Å². The van der Waals surface area contributed by atoms with Crippen molar-refractivity contribution in [3.05, 3.63) is 59.5 Å². The van der Waals surface area contributed by atoms with E-state index in [0.717, 1.165) is 11.1 Å². The maximum Gasteiger partial charge on any atom is 0.340 e. The molecule has 0 aliphatic rings. The molecule has 0 aliphatic carbocycles. The van der Waals surface area contributed by atoms with Crippen LogP contribution in [-0.2, 0) is 4.74 Å². The summed E-state index contributed by atoms with van der Waals surface area (Å²) in [5.74, 6) is -0.792. The number of carbonyl (C=O) groups is 1. The molecule has 0 saturated heterocycles. The molecule has 2 aromatic heterocycles. The topological polar surface area (TPSA) is 43.6 Å². The highest BCUT2D eigenvalue weighted by Crippen LogP contribution is 2.27. The molecule has 0 spiro atoms. The number of hydrogen-bond donors (Lipinski definition) is 0. The minimum absolute atomic E-state index is 0.336. The molecule has 21 heavy (non-hydrogen) atoms. The molecule has 0 N–H and O–H groups in total. The monoisotopic (exact) mass is 284 g/mol. The van der Waals surface area contributed by atoms with Crippen LogP contribution in [0.5, 0.6) is 0 Å². The fourth-order valence-corrected chi connectivity index (χ4v) is 2.38. The minimum atomic E-state index is -0.456. The number of halogens is 1. The number of aromatic nitrogens is 2. The molecule has 2 heterocycles. The second-order valence-corrected chi connectivity index (χ2v) is 4.69. The summed E-state index contributed by atoms with van der Waals surface area (Å²) in [6.45, 7) is 1.84. The zero-order valence-electron chi connectivity index (χ0n) is 11.6. The van der Waals surface area contributed by atoms with Gasteiger partial charge in [-0.25, -0.2) is 13.7 Å². The number of hydrogen-bond acceptors (Lipinski definition) is 3. The lowest BCUT2D eigenvalue weighted by Gasteiger charge is -2.12. The van der Waals surface area contributed by atoms with Gasteiger partial charge in [-0.2, -0.15) is 5.10 Å². The third-order valence-corrected chi connectivity index (χ3v) is 3.44. The summed E-state index contributed by atoms with van der Waals surface area (Å²) in [4.78, 5) is 12.1. The van der Waals surface area contributed by atoms with Crippen LogP contribution in [0.15, 0.2) is 42.6 Å². The number of rotatable bonds is 2. The number of fused-ring (bicyclic) bond motifs is 1. The standard InChI is InChI=1S/C16H13FN2O2/c1-10-13-4-3-9-19(13)18-15(14(10)16(20)21-2)11-5-7-12(17)8-6-11/h3-9H,1-2H3. The van der Waals surface area contributed by atoms with Gasteiger partial charge in [0, 0.05) is 11.8 Å². The first-order chi connectivity index (χ1) is 10.1. The van der Waals surface area contributed by atoms with Crippen molar-refractivity contribution < 1.29 is 13.9 Å². The van der Waals surface area contributed by atoms with Crippen LogP contribution in [0, 0.1) is 12.7 Å². The zero-order valence-corrected chi connectivity index (χ0v) is 11.6. The van der Waals surface area contributed by atoms with Gasteiger partial charge in [0.1, 0.15) is 11.5 Å². The average molecular weight is 284 g/mol. The first kappa shape index (κ1) is 13.3. The van der Waals surface area contributed by atoms with Crippen LogP contribution in [0.25, 0.3) is 16.8 Å². The van der Waals surface area contributed by atoms with Crippen molar-refractivity contribution in [2.45, 2.75) is 6.92 Å². The second-order valence-electron chi connectivity index (χ2n) is 4.69. The maximum absolute atomic E-state index is 13.1. The van der Waals surface area contributed by atoms with Crippen molar-refractivity contribution in [1.82, 2.24) is 9.61 Å². The number of esters is 1. The van der Waals surface area contributed by atoms with E-state index in [1.807, 2.05) is 19.1 Å². The van der Waals surface area contributed by atoms with E-state index in [1.54, 1.807) is 22.8 Å². The Labute approximate surface area is 120 Å². The van der Waals surface area contributed by atoms with Gasteiger partial charge in [0.15, 0.2) is 0 Å². The highest BCUT2D eigenvalue weighted by atomic mass is 19.1. The number of aryl methyl sites for hydroxylation is 1. The predicted octanol–water partition coefficient (Wildman–Crippen LogP) is 3.24. The summed E-state index contributed by atoms with van der Waals surface area (Å²) >= 11 is 0. The number of ether oxygens (including phenoxy) is 1. The Kier molecular flexibility index (Phi) is 3.17. The van der Waals surface area contributed by atoms with E-state index in [2.05, 4.69) is 5.10 Å². The molecule has 106 valence electrons. The van der Waals surface area contributed by atoms with Gasteiger partial charge in [0.2, 0.25) is 0 Å². The molecule has 0 unspecified atom stereocenters. The van der Waals surface area contributed by atoms with Crippen LogP contribution in [0.4, 0.5) is 4.39 Å². The molecule has 3 rings (SSSR count). The van der Waals surface area contributed by atoms with Gasteiger partial charge in [-0.05, 0) is 48.9 Å². The van der Waals surface area contributed by atoms with Crippen molar-refractivity contribution >= 4 is 11.5 Å². The van der Waals surface area contributed by atoms with Crippen molar-refractivity contribution in [1.29, 1.82) is 0 Å². The molecular weight excluding hydrogens is 271 g/mol. The molecule has 0 amide bonds. The second kappa shape index (κ2) is 5.01.